The molecule has 1 aliphatic heterocycles. The fraction of sp³-hybridized carbons (Fsp3) is 0.562. The van der Waals surface area contributed by atoms with Crippen LogP contribution in [0.2, 0.25) is 0 Å². The van der Waals surface area contributed by atoms with Gasteiger partial charge in [0.2, 0.25) is 5.82 Å². The first-order chi connectivity index (χ1) is 10.7. The first kappa shape index (κ1) is 17.5. The minimum Gasteiger partial charge on any atom is -0.493 e. The maximum atomic E-state index is 14.0. The predicted molar refractivity (Wildman–Crippen MR) is 81.5 cm³/mol. The van der Waals surface area contributed by atoms with E-state index >= 15 is 0 Å². The lowest BCUT2D eigenvalue weighted by molar-refractivity contribution is 0.0115. The summed E-state index contributed by atoms with van der Waals surface area (Å²) in [4.78, 5) is 13.9. The number of piperazine rings is 1. The van der Waals surface area contributed by atoms with Crippen molar-refractivity contribution in [1.82, 2.24) is 10.2 Å². The van der Waals surface area contributed by atoms with Crippen LogP contribution in [0.3, 0.4) is 0 Å². The average molecular weight is 328 g/mol. The summed E-state index contributed by atoms with van der Waals surface area (Å²) < 4.78 is 37.8. The second-order valence-electron chi connectivity index (χ2n) is 6.38. The van der Waals surface area contributed by atoms with E-state index in [2.05, 4.69) is 5.32 Å². The maximum absolute atomic E-state index is 14.0. The Labute approximate surface area is 134 Å². The van der Waals surface area contributed by atoms with Crippen LogP contribution in [0.15, 0.2) is 12.1 Å². The summed E-state index contributed by atoms with van der Waals surface area (Å²) in [6.45, 7) is 6.74. The van der Waals surface area contributed by atoms with Gasteiger partial charge in [0, 0.05) is 25.2 Å². The standard InChI is InChI=1S/C16H22F2N2O3/c1-16(2,3)23-15(21)20-8-7-19-9-12(20)10-5-6-11(17)13(18)14(10)22-4/h5-6,12,19H,7-9H2,1-4H3. The number of benzene rings is 1. The van der Waals surface area contributed by atoms with Crippen molar-refractivity contribution in [2.75, 3.05) is 26.7 Å². The molecule has 1 heterocycles. The van der Waals surface area contributed by atoms with Gasteiger partial charge in [0.1, 0.15) is 5.60 Å². The van der Waals surface area contributed by atoms with Crippen molar-refractivity contribution in [2.24, 2.45) is 0 Å². The predicted octanol–water partition coefficient (Wildman–Crippen LogP) is 2.85. The molecule has 1 amide bonds. The van der Waals surface area contributed by atoms with Gasteiger partial charge in [-0.05, 0) is 26.8 Å². The molecule has 128 valence electrons. The van der Waals surface area contributed by atoms with Gasteiger partial charge in [-0.25, -0.2) is 9.18 Å². The fourth-order valence-corrected chi connectivity index (χ4v) is 2.54. The van der Waals surface area contributed by atoms with E-state index in [1.807, 2.05) is 0 Å². The Morgan fingerprint density at radius 1 is 1.35 bits per heavy atom. The van der Waals surface area contributed by atoms with E-state index in [1.54, 1.807) is 20.8 Å². The van der Waals surface area contributed by atoms with E-state index < -0.39 is 29.4 Å². The average Bonchev–Trinajstić information content (AvgIpc) is 2.48. The molecule has 1 atom stereocenters. The van der Waals surface area contributed by atoms with Crippen molar-refractivity contribution in [2.45, 2.75) is 32.4 Å². The highest BCUT2D eigenvalue weighted by Crippen LogP contribution is 2.34. The largest absolute Gasteiger partial charge is 0.493 e. The molecule has 0 aromatic heterocycles. The van der Waals surface area contributed by atoms with E-state index in [1.165, 1.54) is 18.1 Å². The third-order valence-corrected chi connectivity index (χ3v) is 3.51. The molecular weight excluding hydrogens is 306 g/mol. The zero-order valence-corrected chi connectivity index (χ0v) is 13.8. The van der Waals surface area contributed by atoms with Crippen molar-refractivity contribution in [1.29, 1.82) is 0 Å². The van der Waals surface area contributed by atoms with Crippen LogP contribution in [0.4, 0.5) is 13.6 Å². The van der Waals surface area contributed by atoms with Crippen LogP contribution in [0, 0.1) is 11.6 Å². The SMILES string of the molecule is COc1c(C2CNCCN2C(=O)OC(C)(C)C)ccc(F)c1F. The van der Waals surface area contributed by atoms with Gasteiger partial charge in [-0.1, -0.05) is 6.07 Å². The number of rotatable bonds is 2. The number of hydrogen-bond acceptors (Lipinski definition) is 4. The molecule has 1 N–H and O–H groups in total. The summed E-state index contributed by atoms with van der Waals surface area (Å²) in [6, 6.07) is 1.98. The highest BCUT2D eigenvalue weighted by atomic mass is 19.2. The number of methoxy groups -OCH3 is 1. The van der Waals surface area contributed by atoms with Gasteiger partial charge in [0.25, 0.3) is 0 Å². The second kappa shape index (κ2) is 6.70. The van der Waals surface area contributed by atoms with E-state index in [0.717, 1.165) is 6.07 Å². The van der Waals surface area contributed by atoms with E-state index in [-0.39, 0.29) is 5.75 Å². The van der Waals surface area contributed by atoms with Gasteiger partial charge in [-0.15, -0.1) is 0 Å². The third kappa shape index (κ3) is 3.90. The molecule has 5 nitrogen and oxygen atoms in total. The van der Waals surface area contributed by atoms with Crippen molar-refractivity contribution in [3.63, 3.8) is 0 Å². The lowest BCUT2D eigenvalue weighted by Gasteiger charge is -2.37. The molecule has 1 aliphatic rings. The summed E-state index contributed by atoms with van der Waals surface area (Å²) in [7, 11) is 1.27. The number of carbonyl (C=O) groups is 1. The van der Waals surface area contributed by atoms with Gasteiger partial charge in [0.15, 0.2) is 11.6 Å². The monoisotopic (exact) mass is 328 g/mol. The molecule has 1 fully saturated rings. The van der Waals surface area contributed by atoms with Gasteiger partial charge in [-0.2, -0.15) is 4.39 Å². The van der Waals surface area contributed by atoms with Gasteiger partial charge >= 0.3 is 6.09 Å². The number of ether oxygens (including phenoxy) is 2. The zero-order valence-electron chi connectivity index (χ0n) is 13.8. The van der Waals surface area contributed by atoms with Crippen LogP contribution >= 0.6 is 0 Å². The Morgan fingerprint density at radius 2 is 2.04 bits per heavy atom. The van der Waals surface area contributed by atoms with Gasteiger partial charge in [-0.3, -0.25) is 4.90 Å². The Hall–Kier alpha value is -1.89. The number of amides is 1. The first-order valence-electron chi connectivity index (χ1n) is 7.47. The smallest absolute Gasteiger partial charge is 0.410 e. The third-order valence-electron chi connectivity index (χ3n) is 3.51. The lowest BCUT2D eigenvalue weighted by Crippen LogP contribution is -2.50. The number of nitrogens with zero attached hydrogens (tertiary/aromatic N) is 1. The summed E-state index contributed by atoms with van der Waals surface area (Å²) in [6.07, 6.45) is -0.490. The molecule has 0 spiro atoms. The Balaban J connectivity index is 2.36. The van der Waals surface area contributed by atoms with E-state index in [0.29, 0.717) is 25.2 Å². The van der Waals surface area contributed by atoms with Crippen LogP contribution in [0.1, 0.15) is 32.4 Å². The van der Waals surface area contributed by atoms with Crippen LogP contribution < -0.4 is 10.1 Å². The van der Waals surface area contributed by atoms with Crippen LogP contribution in [0.5, 0.6) is 5.75 Å². The zero-order chi connectivity index (χ0) is 17.2. The van der Waals surface area contributed by atoms with Crippen LogP contribution in [0.25, 0.3) is 0 Å². The topological polar surface area (TPSA) is 50.8 Å². The highest BCUT2D eigenvalue weighted by molar-refractivity contribution is 5.69. The van der Waals surface area contributed by atoms with Crippen molar-refractivity contribution in [3.05, 3.63) is 29.3 Å². The molecule has 0 saturated carbocycles. The quantitative estimate of drug-likeness (QED) is 0.907. The van der Waals surface area contributed by atoms with Crippen LogP contribution in [-0.4, -0.2) is 43.3 Å². The molecule has 1 saturated heterocycles. The minimum absolute atomic E-state index is 0.188. The Morgan fingerprint density at radius 3 is 2.65 bits per heavy atom. The molecular formula is C16H22F2N2O3. The van der Waals surface area contributed by atoms with E-state index in [4.69, 9.17) is 9.47 Å². The molecule has 23 heavy (non-hydrogen) atoms. The number of carbonyl (C=O) groups excluding carboxylic acids is 1. The van der Waals surface area contributed by atoms with E-state index in [9.17, 15) is 13.6 Å². The van der Waals surface area contributed by atoms with Crippen LogP contribution in [-0.2, 0) is 4.74 Å². The molecule has 0 radical (unpaired) electrons. The van der Waals surface area contributed by atoms with Gasteiger partial charge in [0.05, 0.1) is 13.2 Å². The van der Waals surface area contributed by atoms with Crippen molar-refractivity contribution in [3.8, 4) is 5.75 Å². The van der Waals surface area contributed by atoms with Crippen molar-refractivity contribution >= 4 is 6.09 Å². The number of hydrogen-bond donors (Lipinski definition) is 1. The summed E-state index contributed by atoms with van der Waals surface area (Å²) in [5.74, 6) is -2.23. The molecule has 1 unspecified atom stereocenters. The molecule has 0 aliphatic carbocycles. The molecule has 0 bridgehead atoms. The van der Waals surface area contributed by atoms with Crippen molar-refractivity contribution < 1.29 is 23.0 Å². The molecule has 1 aromatic carbocycles. The summed E-state index contributed by atoms with van der Waals surface area (Å²) in [5.41, 5.74) is -0.227. The Bertz CT molecular complexity index is 587. The summed E-state index contributed by atoms with van der Waals surface area (Å²) >= 11 is 0. The normalized spacial score (nSPS) is 18.7. The first-order valence-corrected chi connectivity index (χ1v) is 7.47. The minimum atomic E-state index is -1.06. The lowest BCUT2D eigenvalue weighted by atomic mass is 10.0. The second-order valence-corrected chi connectivity index (χ2v) is 6.38. The molecule has 7 heteroatoms. The fourth-order valence-electron chi connectivity index (χ4n) is 2.54. The maximum Gasteiger partial charge on any atom is 0.410 e. The molecule has 2 rings (SSSR count). The van der Waals surface area contributed by atoms with Gasteiger partial charge < -0.3 is 14.8 Å². The summed E-state index contributed by atoms with van der Waals surface area (Å²) in [5, 5.41) is 3.15. The highest BCUT2D eigenvalue weighted by Gasteiger charge is 2.34. The Kier molecular flexibility index (Phi) is 5.09. The number of halogens is 2. The number of nitrogens with one attached hydrogen (secondary N) is 1. The molecule has 1 aromatic rings.